The summed E-state index contributed by atoms with van der Waals surface area (Å²) >= 11 is 0. The van der Waals surface area contributed by atoms with E-state index in [2.05, 4.69) is 4.98 Å². The van der Waals surface area contributed by atoms with Gasteiger partial charge in [-0.2, -0.15) is 0 Å². The SMILES string of the molecule is Cl.Cl.Cl.NCCc1cn(CCN)cn1. The highest BCUT2D eigenvalue weighted by molar-refractivity contribution is 5.86. The minimum Gasteiger partial charge on any atom is -0.336 e. The molecule has 1 aromatic heterocycles. The van der Waals surface area contributed by atoms with Gasteiger partial charge in [0.2, 0.25) is 0 Å². The number of halogens is 3. The van der Waals surface area contributed by atoms with Crippen molar-refractivity contribution in [2.75, 3.05) is 13.1 Å². The Morgan fingerprint density at radius 1 is 1.14 bits per heavy atom. The third-order valence-corrected chi connectivity index (χ3v) is 1.47. The summed E-state index contributed by atoms with van der Waals surface area (Å²) in [5.74, 6) is 0. The molecular weight excluding hydrogens is 246 g/mol. The number of hydrogen-bond acceptors (Lipinski definition) is 3. The van der Waals surface area contributed by atoms with Crippen molar-refractivity contribution in [3.05, 3.63) is 18.2 Å². The number of rotatable bonds is 4. The second-order valence-electron chi connectivity index (χ2n) is 2.43. The summed E-state index contributed by atoms with van der Waals surface area (Å²) in [5.41, 5.74) is 11.8. The highest BCUT2D eigenvalue weighted by Gasteiger charge is 1.95. The van der Waals surface area contributed by atoms with Gasteiger partial charge in [0.25, 0.3) is 0 Å². The van der Waals surface area contributed by atoms with Gasteiger partial charge in [-0.15, -0.1) is 37.2 Å². The molecule has 0 amide bonds. The average Bonchev–Trinajstić information content (AvgIpc) is 2.38. The monoisotopic (exact) mass is 262 g/mol. The molecule has 0 saturated heterocycles. The predicted octanol–water partition coefficient (Wildman–Crippen LogP) is 0.608. The van der Waals surface area contributed by atoms with E-state index in [0.29, 0.717) is 13.1 Å². The standard InChI is InChI=1S/C7H14N4.3ClH/c8-2-1-7-5-11(4-3-9)6-10-7;;;/h5-6H,1-4,8-9H2;3*1H. The first-order chi connectivity index (χ1) is 5.36. The molecule has 0 spiro atoms. The van der Waals surface area contributed by atoms with E-state index >= 15 is 0 Å². The minimum atomic E-state index is 0. The van der Waals surface area contributed by atoms with E-state index in [1.54, 1.807) is 6.33 Å². The molecule has 86 valence electrons. The zero-order valence-electron chi connectivity index (χ0n) is 7.76. The first-order valence-electron chi connectivity index (χ1n) is 3.77. The van der Waals surface area contributed by atoms with Crippen LogP contribution in [-0.4, -0.2) is 22.6 Å². The van der Waals surface area contributed by atoms with Crippen molar-refractivity contribution in [3.63, 3.8) is 0 Å². The zero-order chi connectivity index (χ0) is 8.10. The molecule has 1 aromatic rings. The van der Waals surface area contributed by atoms with E-state index in [9.17, 15) is 0 Å². The van der Waals surface area contributed by atoms with Crippen molar-refractivity contribution in [2.45, 2.75) is 13.0 Å². The maximum absolute atomic E-state index is 5.37. The molecule has 4 N–H and O–H groups in total. The first kappa shape index (κ1) is 19.6. The summed E-state index contributed by atoms with van der Waals surface area (Å²) in [6.07, 6.45) is 4.62. The van der Waals surface area contributed by atoms with Gasteiger partial charge in [0.15, 0.2) is 0 Å². The topological polar surface area (TPSA) is 69.9 Å². The highest BCUT2D eigenvalue weighted by Crippen LogP contribution is 1.95. The van der Waals surface area contributed by atoms with Crippen molar-refractivity contribution in [1.29, 1.82) is 0 Å². The van der Waals surface area contributed by atoms with Gasteiger partial charge in [-0.25, -0.2) is 4.98 Å². The zero-order valence-corrected chi connectivity index (χ0v) is 10.2. The van der Waals surface area contributed by atoms with E-state index < -0.39 is 0 Å². The lowest BCUT2D eigenvalue weighted by Crippen LogP contribution is -2.08. The Labute approximate surface area is 103 Å². The first-order valence-corrected chi connectivity index (χ1v) is 3.77. The molecule has 1 rings (SSSR count). The molecule has 0 aliphatic carbocycles. The third kappa shape index (κ3) is 6.45. The van der Waals surface area contributed by atoms with Crippen LogP contribution in [0.1, 0.15) is 5.69 Å². The quantitative estimate of drug-likeness (QED) is 0.836. The molecule has 7 heteroatoms. The fourth-order valence-electron chi connectivity index (χ4n) is 0.955. The molecular formula is C7H17Cl3N4. The van der Waals surface area contributed by atoms with Gasteiger partial charge in [-0.05, 0) is 6.54 Å². The molecule has 0 aliphatic heterocycles. The van der Waals surface area contributed by atoms with Crippen LogP contribution >= 0.6 is 37.2 Å². The molecule has 0 saturated carbocycles. The number of nitrogens with two attached hydrogens (primary N) is 2. The molecule has 14 heavy (non-hydrogen) atoms. The van der Waals surface area contributed by atoms with Gasteiger partial charge in [-0.1, -0.05) is 0 Å². The summed E-state index contributed by atoms with van der Waals surface area (Å²) in [7, 11) is 0. The van der Waals surface area contributed by atoms with Gasteiger partial charge in [0, 0.05) is 25.7 Å². The van der Waals surface area contributed by atoms with E-state index in [4.69, 9.17) is 11.5 Å². The second-order valence-corrected chi connectivity index (χ2v) is 2.43. The molecule has 4 nitrogen and oxygen atoms in total. The minimum absolute atomic E-state index is 0. The van der Waals surface area contributed by atoms with E-state index in [1.165, 1.54) is 0 Å². The maximum Gasteiger partial charge on any atom is 0.0949 e. The Morgan fingerprint density at radius 2 is 1.79 bits per heavy atom. The molecule has 0 atom stereocenters. The summed E-state index contributed by atoms with van der Waals surface area (Å²) < 4.78 is 1.98. The van der Waals surface area contributed by atoms with Crippen LogP contribution in [0.15, 0.2) is 12.5 Å². The Hall–Kier alpha value is -0.000000000000000167. The van der Waals surface area contributed by atoms with Crippen LogP contribution < -0.4 is 11.5 Å². The van der Waals surface area contributed by atoms with E-state index in [-0.39, 0.29) is 37.2 Å². The maximum atomic E-state index is 5.37. The van der Waals surface area contributed by atoms with Crippen molar-refractivity contribution in [1.82, 2.24) is 9.55 Å². The van der Waals surface area contributed by atoms with Gasteiger partial charge < -0.3 is 16.0 Å². The molecule has 0 aromatic carbocycles. The summed E-state index contributed by atoms with van der Waals surface area (Å²) in [6, 6.07) is 0. The summed E-state index contributed by atoms with van der Waals surface area (Å²) in [4.78, 5) is 4.15. The molecule has 1 heterocycles. The van der Waals surface area contributed by atoms with Crippen LogP contribution in [0.2, 0.25) is 0 Å². The Bertz CT molecular complexity index is 196. The van der Waals surface area contributed by atoms with Gasteiger partial charge in [0.05, 0.1) is 12.0 Å². The highest BCUT2D eigenvalue weighted by atomic mass is 35.5. The fourth-order valence-corrected chi connectivity index (χ4v) is 0.955. The molecule has 0 fully saturated rings. The van der Waals surface area contributed by atoms with Crippen LogP contribution in [0, 0.1) is 0 Å². The number of imidazole rings is 1. The normalized spacial score (nSPS) is 8.14. The van der Waals surface area contributed by atoms with Crippen LogP contribution in [0.5, 0.6) is 0 Å². The number of aromatic nitrogens is 2. The van der Waals surface area contributed by atoms with Crippen LogP contribution in [0.3, 0.4) is 0 Å². The van der Waals surface area contributed by atoms with Crippen molar-refractivity contribution >= 4 is 37.2 Å². The van der Waals surface area contributed by atoms with Gasteiger partial charge >= 0.3 is 0 Å². The van der Waals surface area contributed by atoms with E-state index in [1.807, 2.05) is 10.8 Å². The number of hydrogen-bond donors (Lipinski definition) is 2. The third-order valence-electron chi connectivity index (χ3n) is 1.47. The van der Waals surface area contributed by atoms with Crippen molar-refractivity contribution < 1.29 is 0 Å². The lowest BCUT2D eigenvalue weighted by atomic mass is 10.3. The molecule has 0 aliphatic rings. The predicted molar refractivity (Wildman–Crippen MR) is 65.8 cm³/mol. The number of nitrogens with zero attached hydrogens (tertiary/aromatic N) is 2. The smallest absolute Gasteiger partial charge is 0.0949 e. The van der Waals surface area contributed by atoms with Crippen LogP contribution in [-0.2, 0) is 13.0 Å². The van der Waals surface area contributed by atoms with Gasteiger partial charge in [0.1, 0.15) is 0 Å². The largest absolute Gasteiger partial charge is 0.336 e. The average molecular weight is 264 g/mol. The second kappa shape index (κ2) is 11.1. The van der Waals surface area contributed by atoms with Crippen LogP contribution in [0.25, 0.3) is 0 Å². The van der Waals surface area contributed by atoms with Crippen molar-refractivity contribution in [2.24, 2.45) is 11.5 Å². The van der Waals surface area contributed by atoms with Crippen LogP contribution in [0.4, 0.5) is 0 Å². The van der Waals surface area contributed by atoms with Gasteiger partial charge in [-0.3, -0.25) is 0 Å². The molecule has 0 unspecified atom stereocenters. The lowest BCUT2D eigenvalue weighted by Gasteiger charge is -1.95. The summed E-state index contributed by atoms with van der Waals surface area (Å²) in [5, 5.41) is 0. The Balaban J connectivity index is -0.000000403. The molecule has 0 bridgehead atoms. The lowest BCUT2D eigenvalue weighted by molar-refractivity contribution is 0.707. The van der Waals surface area contributed by atoms with Crippen molar-refractivity contribution in [3.8, 4) is 0 Å². The summed E-state index contributed by atoms with van der Waals surface area (Å²) in [6.45, 7) is 2.13. The Morgan fingerprint density at radius 3 is 2.29 bits per heavy atom. The fraction of sp³-hybridized carbons (Fsp3) is 0.571. The van der Waals surface area contributed by atoms with E-state index in [0.717, 1.165) is 18.7 Å². The molecule has 0 radical (unpaired) electrons. The Kier molecular flexibility index (Phi) is 15.5.